The summed E-state index contributed by atoms with van der Waals surface area (Å²) >= 11 is 0. The van der Waals surface area contributed by atoms with Crippen LogP contribution in [0.2, 0.25) is 0 Å². The van der Waals surface area contributed by atoms with Crippen molar-refractivity contribution < 1.29 is 9.72 Å². The molecule has 2 rings (SSSR count). The number of rotatable bonds is 4. The highest BCUT2D eigenvalue weighted by molar-refractivity contribution is 6.08. The standard InChI is InChI=1S/C12H13N5O3/c1-13-11-8(4-3-5-9(11)17(19)20)12(18)14-10-6-7-16(2)15-10/h3-7,13H,1-2H3,(H,14,15,18). The number of hydrogen-bond donors (Lipinski definition) is 2. The van der Waals surface area contributed by atoms with Crippen LogP contribution in [0.3, 0.4) is 0 Å². The molecule has 0 fully saturated rings. The van der Waals surface area contributed by atoms with Gasteiger partial charge in [0.25, 0.3) is 11.6 Å². The molecule has 2 aromatic rings. The average Bonchev–Trinajstić information content (AvgIpc) is 2.82. The van der Waals surface area contributed by atoms with Crippen LogP contribution in [-0.4, -0.2) is 27.7 Å². The van der Waals surface area contributed by atoms with Gasteiger partial charge in [-0.2, -0.15) is 5.10 Å². The first kappa shape index (κ1) is 13.5. The fourth-order valence-electron chi connectivity index (χ4n) is 1.81. The van der Waals surface area contributed by atoms with E-state index in [1.165, 1.54) is 25.2 Å². The number of benzene rings is 1. The molecule has 1 heterocycles. The van der Waals surface area contributed by atoms with Crippen LogP contribution in [0.15, 0.2) is 30.5 Å². The van der Waals surface area contributed by atoms with Crippen molar-refractivity contribution in [3.63, 3.8) is 0 Å². The molecule has 2 N–H and O–H groups in total. The van der Waals surface area contributed by atoms with Crippen molar-refractivity contribution in [3.05, 3.63) is 46.1 Å². The van der Waals surface area contributed by atoms with Gasteiger partial charge >= 0.3 is 0 Å². The van der Waals surface area contributed by atoms with E-state index in [1.54, 1.807) is 24.0 Å². The second kappa shape index (κ2) is 5.39. The van der Waals surface area contributed by atoms with Crippen LogP contribution in [0.5, 0.6) is 0 Å². The van der Waals surface area contributed by atoms with Crippen LogP contribution in [0.4, 0.5) is 17.2 Å². The molecule has 8 heteroatoms. The van der Waals surface area contributed by atoms with Crippen molar-refractivity contribution in [2.24, 2.45) is 7.05 Å². The lowest BCUT2D eigenvalue weighted by atomic mass is 10.1. The van der Waals surface area contributed by atoms with Gasteiger partial charge in [-0.1, -0.05) is 6.07 Å². The third-order valence-electron chi connectivity index (χ3n) is 2.69. The summed E-state index contributed by atoms with van der Waals surface area (Å²) in [6.07, 6.45) is 1.68. The largest absolute Gasteiger partial charge is 0.382 e. The van der Waals surface area contributed by atoms with E-state index in [1.807, 2.05) is 0 Å². The monoisotopic (exact) mass is 275 g/mol. The van der Waals surface area contributed by atoms with Crippen molar-refractivity contribution in [3.8, 4) is 0 Å². The summed E-state index contributed by atoms with van der Waals surface area (Å²) in [6.45, 7) is 0. The lowest BCUT2D eigenvalue weighted by Gasteiger charge is -2.08. The number of para-hydroxylation sites is 1. The van der Waals surface area contributed by atoms with Gasteiger partial charge in [0, 0.05) is 32.4 Å². The predicted molar refractivity (Wildman–Crippen MR) is 73.8 cm³/mol. The Morgan fingerprint density at radius 3 is 2.70 bits per heavy atom. The first-order valence-electron chi connectivity index (χ1n) is 5.79. The summed E-state index contributed by atoms with van der Waals surface area (Å²) in [4.78, 5) is 22.6. The van der Waals surface area contributed by atoms with Crippen molar-refractivity contribution >= 4 is 23.1 Å². The highest BCUT2D eigenvalue weighted by Gasteiger charge is 2.20. The van der Waals surface area contributed by atoms with Crippen molar-refractivity contribution in [2.75, 3.05) is 17.7 Å². The number of nitro groups is 1. The summed E-state index contributed by atoms with van der Waals surface area (Å²) in [6, 6.07) is 5.95. The zero-order valence-corrected chi connectivity index (χ0v) is 11.0. The second-order valence-corrected chi connectivity index (χ2v) is 4.04. The smallest absolute Gasteiger partial charge is 0.293 e. The third-order valence-corrected chi connectivity index (χ3v) is 2.69. The number of nitro benzene ring substituents is 1. The summed E-state index contributed by atoms with van der Waals surface area (Å²) in [5.74, 6) is -0.0807. The lowest BCUT2D eigenvalue weighted by Crippen LogP contribution is -2.15. The molecule has 1 amide bonds. The number of carbonyl (C=O) groups excluding carboxylic acids is 1. The number of aryl methyl sites for hydroxylation is 1. The molecule has 0 saturated heterocycles. The van der Waals surface area contributed by atoms with Crippen molar-refractivity contribution in [1.82, 2.24) is 9.78 Å². The van der Waals surface area contributed by atoms with Crippen LogP contribution in [-0.2, 0) is 7.05 Å². The number of nitrogens with zero attached hydrogens (tertiary/aromatic N) is 3. The highest BCUT2D eigenvalue weighted by atomic mass is 16.6. The van der Waals surface area contributed by atoms with Crippen LogP contribution < -0.4 is 10.6 Å². The number of aromatic nitrogens is 2. The maximum atomic E-state index is 12.2. The Bertz CT molecular complexity index is 665. The number of nitrogens with one attached hydrogen (secondary N) is 2. The molecule has 0 atom stereocenters. The number of anilines is 2. The first-order valence-corrected chi connectivity index (χ1v) is 5.79. The van der Waals surface area contributed by atoms with E-state index in [9.17, 15) is 14.9 Å². The topological polar surface area (TPSA) is 102 Å². The Kier molecular flexibility index (Phi) is 3.65. The molecule has 104 valence electrons. The minimum absolute atomic E-state index is 0.152. The van der Waals surface area contributed by atoms with E-state index in [2.05, 4.69) is 15.7 Å². The molecule has 0 radical (unpaired) electrons. The van der Waals surface area contributed by atoms with E-state index >= 15 is 0 Å². The Labute approximate surface area is 114 Å². The predicted octanol–water partition coefficient (Wildman–Crippen LogP) is 1.62. The van der Waals surface area contributed by atoms with E-state index in [0.29, 0.717) is 5.82 Å². The van der Waals surface area contributed by atoms with Crippen LogP contribution >= 0.6 is 0 Å². The fourth-order valence-corrected chi connectivity index (χ4v) is 1.81. The van der Waals surface area contributed by atoms with Crippen molar-refractivity contribution in [1.29, 1.82) is 0 Å². The molecule has 0 spiro atoms. The Hall–Kier alpha value is -2.90. The Morgan fingerprint density at radius 2 is 2.15 bits per heavy atom. The quantitative estimate of drug-likeness (QED) is 0.652. The number of hydrogen-bond acceptors (Lipinski definition) is 5. The molecule has 0 aliphatic carbocycles. The minimum Gasteiger partial charge on any atom is -0.382 e. The van der Waals surface area contributed by atoms with E-state index in [4.69, 9.17) is 0 Å². The fraction of sp³-hybridized carbons (Fsp3) is 0.167. The van der Waals surface area contributed by atoms with E-state index in [0.717, 1.165) is 0 Å². The molecule has 1 aromatic carbocycles. The van der Waals surface area contributed by atoms with Crippen LogP contribution in [0.1, 0.15) is 10.4 Å². The van der Waals surface area contributed by atoms with Crippen molar-refractivity contribution in [2.45, 2.75) is 0 Å². The molecular weight excluding hydrogens is 262 g/mol. The van der Waals surface area contributed by atoms with E-state index < -0.39 is 10.8 Å². The second-order valence-electron chi connectivity index (χ2n) is 4.04. The maximum absolute atomic E-state index is 12.2. The van der Waals surface area contributed by atoms with Crippen LogP contribution in [0.25, 0.3) is 0 Å². The van der Waals surface area contributed by atoms with Gasteiger partial charge < -0.3 is 10.6 Å². The molecule has 0 unspecified atom stereocenters. The molecule has 0 aliphatic rings. The van der Waals surface area contributed by atoms with Crippen LogP contribution in [0, 0.1) is 10.1 Å². The SMILES string of the molecule is CNc1c(C(=O)Nc2ccn(C)n2)cccc1[N+](=O)[O-]. The van der Waals surface area contributed by atoms with Gasteiger partial charge in [0.2, 0.25) is 0 Å². The first-order chi connectivity index (χ1) is 9.52. The van der Waals surface area contributed by atoms with Gasteiger partial charge in [-0.3, -0.25) is 19.6 Å². The van der Waals surface area contributed by atoms with Gasteiger partial charge in [0.05, 0.1) is 10.5 Å². The number of carbonyl (C=O) groups is 1. The van der Waals surface area contributed by atoms with Gasteiger partial charge in [-0.15, -0.1) is 0 Å². The zero-order chi connectivity index (χ0) is 14.7. The van der Waals surface area contributed by atoms with Gasteiger partial charge in [0.15, 0.2) is 5.82 Å². The summed E-state index contributed by atoms with van der Waals surface area (Å²) < 4.78 is 1.54. The van der Waals surface area contributed by atoms with E-state index in [-0.39, 0.29) is 16.9 Å². The Morgan fingerprint density at radius 1 is 1.40 bits per heavy atom. The molecule has 8 nitrogen and oxygen atoms in total. The average molecular weight is 275 g/mol. The lowest BCUT2D eigenvalue weighted by molar-refractivity contribution is -0.384. The molecular formula is C12H13N5O3. The normalized spacial score (nSPS) is 10.1. The van der Waals surface area contributed by atoms with Gasteiger partial charge in [-0.25, -0.2) is 0 Å². The number of amides is 1. The molecule has 0 bridgehead atoms. The minimum atomic E-state index is -0.538. The zero-order valence-electron chi connectivity index (χ0n) is 11.0. The summed E-state index contributed by atoms with van der Waals surface area (Å²) in [5, 5.41) is 20.2. The van der Waals surface area contributed by atoms with Gasteiger partial charge in [-0.05, 0) is 6.07 Å². The summed E-state index contributed by atoms with van der Waals surface area (Å²) in [7, 11) is 3.25. The third kappa shape index (κ3) is 2.58. The molecule has 1 aromatic heterocycles. The molecule has 0 aliphatic heterocycles. The highest BCUT2D eigenvalue weighted by Crippen LogP contribution is 2.28. The molecule has 0 saturated carbocycles. The molecule has 20 heavy (non-hydrogen) atoms. The maximum Gasteiger partial charge on any atom is 0.293 e. The Balaban J connectivity index is 2.34. The van der Waals surface area contributed by atoms with Gasteiger partial charge in [0.1, 0.15) is 5.69 Å². The summed E-state index contributed by atoms with van der Waals surface area (Å²) in [5.41, 5.74) is 0.208.